The molecule has 3 rings (SSSR count). The van der Waals surface area contributed by atoms with Crippen molar-refractivity contribution in [2.75, 3.05) is 18.5 Å². The van der Waals surface area contributed by atoms with E-state index in [2.05, 4.69) is 16.7 Å². The lowest BCUT2D eigenvalue weighted by Gasteiger charge is -2.23. The Kier molecular flexibility index (Phi) is 3.16. The van der Waals surface area contributed by atoms with Crippen LogP contribution in [0, 0.1) is 0 Å². The van der Waals surface area contributed by atoms with Gasteiger partial charge in [-0.15, -0.1) is 11.3 Å². The molecule has 1 aromatic heterocycles. The molecule has 1 aliphatic rings. The van der Waals surface area contributed by atoms with Gasteiger partial charge in [0.15, 0.2) is 0 Å². The zero-order chi connectivity index (χ0) is 13.3. The highest BCUT2D eigenvalue weighted by Crippen LogP contribution is 2.28. The molecular weight excluding hydrogens is 260 g/mol. The summed E-state index contributed by atoms with van der Waals surface area (Å²) >= 11 is 1.63. The van der Waals surface area contributed by atoms with Crippen molar-refractivity contribution in [3.05, 3.63) is 29.6 Å². The summed E-state index contributed by atoms with van der Waals surface area (Å²) in [5.41, 5.74) is 0.598. The number of carbonyl (C=O) groups excluding carboxylic acids is 1. The van der Waals surface area contributed by atoms with Gasteiger partial charge >= 0.3 is 6.03 Å². The second kappa shape index (κ2) is 4.83. The van der Waals surface area contributed by atoms with Crippen molar-refractivity contribution in [3.63, 3.8) is 0 Å². The van der Waals surface area contributed by atoms with Crippen LogP contribution in [0.4, 0.5) is 10.5 Å². The van der Waals surface area contributed by atoms with Crippen molar-refractivity contribution in [2.24, 2.45) is 0 Å². The van der Waals surface area contributed by atoms with Gasteiger partial charge in [-0.1, -0.05) is 12.1 Å². The highest BCUT2D eigenvalue weighted by atomic mass is 32.1. The first kappa shape index (κ1) is 12.4. The molecule has 0 unspecified atom stereocenters. The molecule has 100 valence electrons. The average Bonchev–Trinajstić information content (AvgIpc) is 2.98. The summed E-state index contributed by atoms with van der Waals surface area (Å²) in [6, 6.07) is 7.79. The van der Waals surface area contributed by atoms with Gasteiger partial charge in [0.1, 0.15) is 0 Å². The van der Waals surface area contributed by atoms with E-state index in [9.17, 15) is 4.79 Å². The normalized spacial score (nSPS) is 22.6. The van der Waals surface area contributed by atoms with Gasteiger partial charge in [-0.3, -0.25) is 0 Å². The molecule has 0 bridgehead atoms. The van der Waals surface area contributed by atoms with E-state index >= 15 is 0 Å². The van der Waals surface area contributed by atoms with Crippen LogP contribution in [0.1, 0.15) is 13.3 Å². The topological polar surface area (TPSA) is 50.4 Å². The molecule has 0 aliphatic carbocycles. The molecule has 0 spiro atoms. The number of rotatable bonds is 2. The predicted molar refractivity (Wildman–Crippen MR) is 77.8 cm³/mol. The van der Waals surface area contributed by atoms with Crippen molar-refractivity contribution in [1.82, 2.24) is 5.32 Å². The fourth-order valence-corrected chi connectivity index (χ4v) is 3.15. The Morgan fingerprint density at radius 3 is 3.11 bits per heavy atom. The molecule has 1 aliphatic heterocycles. The molecule has 2 N–H and O–H groups in total. The Balaban J connectivity index is 1.74. The van der Waals surface area contributed by atoms with Gasteiger partial charge in [0.2, 0.25) is 0 Å². The van der Waals surface area contributed by atoms with E-state index in [1.165, 1.54) is 0 Å². The van der Waals surface area contributed by atoms with Crippen LogP contribution in [0.15, 0.2) is 29.6 Å². The average molecular weight is 276 g/mol. The van der Waals surface area contributed by atoms with Crippen LogP contribution >= 0.6 is 11.3 Å². The molecule has 0 saturated carbocycles. The summed E-state index contributed by atoms with van der Waals surface area (Å²) in [4.78, 5) is 12.1. The summed E-state index contributed by atoms with van der Waals surface area (Å²) < 4.78 is 6.43. The smallest absolute Gasteiger partial charge is 0.319 e. The maximum Gasteiger partial charge on any atom is 0.319 e. The van der Waals surface area contributed by atoms with E-state index in [0.717, 1.165) is 22.2 Å². The Morgan fingerprint density at radius 1 is 1.42 bits per heavy atom. The lowest BCUT2D eigenvalue weighted by molar-refractivity contribution is 0.172. The molecule has 2 aromatic rings. The number of nitrogens with one attached hydrogen (secondary N) is 2. The van der Waals surface area contributed by atoms with Crippen molar-refractivity contribution in [3.8, 4) is 0 Å². The maximum atomic E-state index is 12.1. The van der Waals surface area contributed by atoms with Crippen LogP contribution in [-0.4, -0.2) is 24.8 Å². The largest absolute Gasteiger partial charge is 0.379 e. The lowest BCUT2D eigenvalue weighted by Crippen LogP contribution is -2.48. The Morgan fingerprint density at radius 2 is 2.32 bits per heavy atom. The monoisotopic (exact) mass is 276 g/mol. The highest BCUT2D eigenvalue weighted by molar-refractivity contribution is 7.17. The van der Waals surface area contributed by atoms with Crippen LogP contribution in [0.2, 0.25) is 0 Å². The van der Waals surface area contributed by atoms with Crippen LogP contribution in [0.5, 0.6) is 0 Å². The number of carbonyl (C=O) groups is 1. The molecule has 0 radical (unpaired) electrons. The fourth-order valence-electron chi connectivity index (χ4n) is 2.28. The van der Waals surface area contributed by atoms with Crippen molar-refractivity contribution in [2.45, 2.75) is 18.9 Å². The molecule has 5 heteroatoms. The molecule has 19 heavy (non-hydrogen) atoms. The van der Waals surface area contributed by atoms with Gasteiger partial charge < -0.3 is 15.4 Å². The Bertz CT molecular complexity index is 602. The van der Waals surface area contributed by atoms with Gasteiger partial charge in [0, 0.05) is 6.61 Å². The van der Waals surface area contributed by atoms with Crippen LogP contribution in [0.3, 0.4) is 0 Å². The second-order valence-corrected chi connectivity index (χ2v) is 6.00. The molecule has 1 saturated heterocycles. The summed E-state index contributed by atoms with van der Waals surface area (Å²) in [5.74, 6) is 0. The molecule has 1 atom stereocenters. The number of hydrogen-bond donors (Lipinski definition) is 2. The van der Waals surface area contributed by atoms with Gasteiger partial charge in [-0.2, -0.15) is 0 Å². The molecule has 1 aromatic carbocycles. The zero-order valence-corrected chi connectivity index (χ0v) is 11.5. The first-order valence-electron chi connectivity index (χ1n) is 6.29. The van der Waals surface area contributed by atoms with Gasteiger partial charge in [-0.25, -0.2) is 4.79 Å². The van der Waals surface area contributed by atoms with Gasteiger partial charge in [-0.05, 0) is 36.2 Å². The third-order valence-electron chi connectivity index (χ3n) is 3.36. The lowest BCUT2D eigenvalue weighted by atomic mass is 10.0. The SMILES string of the molecule is C[C@]1(NC(=O)Nc2cccc3ccsc23)CCOC1. The van der Waals surface area contributed by atoms with Crippen molar-refractivity contribution in [1.29, 1.82) is 0 Å². The fraction of sp³-hybridized carbons (Fsp3) is 0.357. The zero-order valence-electron chi connectivity index (χ0n) is 10.7. The van der Waals surface area contributed by atoms with E-state index in [-0.39, 0.29) is 11.6 Å². The minimum absolute atomic E-state index is 0.172. The number of thiophene rings is 1. The van der Waals surface area contributed by atoms with Crippen molar-refractivity contribution < 1.29 is 9.53 Å². The van der Waals surface area contributed by atoms with Gasteiger partial charge in [0.25, 0.3) is 0 Å². The number of fused-ring (bicyclic) bond motifs is 1. The number of benzene rings is 1. The van der Waals surface area contributed by atoms with Crippen LogP contribution in [0.25, 0.3) is 10.1 Å². The number of hydrogen-bond acceptors (Lipinski definition) is 3. The third kappa shape index (κ3) is 2.57. The number of anilines is 1. The standard InChI is InChI=1S/C14H16N2O2S/c1-14(6-7-18-9-14)16-13(17)15-11-4-2-3-10-5-8-19-12(10)11/h2-5,8H,6-7,9H2,1H3,(H2,15,16,17)/t14-/m0/s1. The molecule has 2 amide bonds. The number of urea groups is 1. The minimum atomic E-state index is -0.257. The molecule has 1 fully saturated rings. The molecular formula is C14H16N2O2S. The summed E-state index contributed by atoms with van der Waals surface area (Å²) in [5, 5.41) is 9.10. The quantitative estimate of drug-likeness (QED) is 0.885. The van der Waals surface area contributed by atoms with E-state index in [0.29, 0.717) is 13.2 Å². The Hall–Kier alpha value is -1.59. The van der Waals surface area contributed by atoms with E-state index in [4.69, 9.17) is 4.74 Å². The first-order chi connectivity index (χ1) is 9.16. The van der Waals surface area contributed by atoms with E-state index < -0.39 is 0 Å². The van der Waals surface area contributed by atoms with E-state index in [1.807, 2.05) is 30.5 Å². The van der Waals surface area contributed by atoms with Gasteiger partial charge in [0.05, 0.1) is 22.5 Å². The summed E-state index contributed by atoms with van der Waals surface area (Å²) in [6.45, 7) is 3.28. The van der Waals surface area contributed by atoms with Crippen LogP contribution in [-0.2, 0) is 4.74 Å². The number of ether oxygens (including phenoxy) is 1. The minimum Gasteiger partial charge on any atom is -0.379 e. The first-order valence-corrected chi connectivity index (χ1v) is 7.17. The maximum absolute atomic E-state index is 12.1. The summed E-state index contributed by atoms with van der Waals surface area (Å²) in [6.07, 6.45) is 0.851. The highest BCUT2D eigenvalue weighted by Gasteiger charge is 2.31. The predicted octanol–water partition coefficient (Wildman–Crippen LogP) is 3.20. The molecule has 4 nitrogen and oxygen atoms in total. The summed E-state index contributed by atoms with van der Waals surface area (Å²) in [7, 11) is 0. The van der Waals surface area contributed by atoms with Crippen LogP contribution < -0.4 is 10.6 Å². The third-order valence-corrected chi connectivity index (χ3v) is 4.32. The Labute approximate surface area is 115 Å². The van der Waals surface area contributed by atoms with Crippen molar-refractivity contribution >= 4 is 33.1 Å². The number of amides is 2. The molecule has 2 heterocycles. The second-order valence-electron chi connectivity index (χ2n) is 5.09. The van der Waals surface area contributed by atoms with E-state index in [1.54, 1.807) is 11.3 Å².